The summed E-state index contributed by atoms with van der Waals surface area (Å²) in [5, 5.41) is 0. The van der Waals surface area contributed by atoms with Crippen LogP contribution >= 0.6 is 0 Å². The third kappa shape index (κ3) is 4.52. The van der Waals surface area contributed by atoms with Crippen LogP contribution in [0.2, 0.25) is 0 Å². The number of carbonyl (C=O) groups excluding carboxylic acids is 1. The van der Waals surface area contributed by atoms with Crippen molar-refractivity contribution in [2.75, 3.05) is 12.0 Å². The van der Waals surface area contributed by atoms with Gasteiger partial charge < -0.3 is 4.74 Å². The van der Waals surface area contributed by atoms with Crippen LogP contribution in [0.15, 0.2) is 48.5 Å². The molecule has 4 heteroatoms. The number of amides is 1. The van der Waals surface area contributed by atoms with Crippen molar-refractivity contribution in [1.82, 2.24) is 5.43 Å². The Balaban J connectivity index is 1.82. The molecule has 0 atom stereocenters. The zero-order valence-electron chi connectivity index (χ0n) is 13.2. The van der Waals surface area contributed by atoms with E-state index in [-0.39, 0.29) is 12.5 Å². The van der Waals surface area contributed by atoms with Crippen molar-refractivity contribution in [3.8, 4) is 5.75 Å². The molecule has 0 unspecified atom stereocenters. The summed E-state index contributed by atoms with van der Waals surface area (Å²) in [7, 11) is 0. The van der Waals surface area contributed by atoms with E-state index in [9.17, 15) is 4.79 Å². The Kier molecular flexibility index (Phi) is 5.42. The fourth-order valence-electron chi connectivity index (χ4n) is 2.23. The van der Waals surface area contributed by atoms with Gasteiger partial charge in [-0.2, -0.15) is 0 Å². The number of hydrogen-bond donors (Lipinski definition) is 2. The third-order valence-corrected chi connectivity index (χ3v) is 3.35. The van der Waals surface area contributed by atoms with Crippen LogP contribution in [0.1, 0.15) is 30.9 Å². The number of para-hydroxylation sites is 1. The van der Waals surface area contributed by atoms with E-state index in [0.29, 0.717) is 11.7 Å². The first-order chi connectivity index (χ1) is 10.6. The van der Waals surface area contributed by atoms with Gasteiger partial charge in [0.15, 0.2) is 6.61 Å². The monoisotopic (exact) mass is 298 g/mol. The number of rotatable bonds is 6. The number of benzene rings is 2. The van der Waals surface area contributed by atoms with Gasteiger partial charge in [-0.3, -0.25) is 15.6 Å². The van der Waals surface area contributed by atoms with Crippen molar-refractivity contribution in [2.24, 2.45) is 0 Å². The fourth-order valence-corrected chi connectivity index (χ4v) is 2.23. The summed E-state index contributed by atoms with van der Waals surface area (Å²) in [4.78, 5) is 11.8. The highest BCUT2D eigenvalue weighted by Gasteiger charge is 2.06. The second-order valence-corrected chi connectivity index (χ2v) is 5.50. The molecule has 22 heavy (non-hydrogen) atoms. The molecule has 0 heterocycles. The molecule has 1 amide bonds. The molecule has 0 aliphatic rings. The maximum Gasteiger partial charge on any atom is 0.276 e. The predicted octanol–water partition coefficient (Wildman–Crippen LogP) is 3.64. The van der Waals surface area contributed by atoms with Gasteiger partial charge in [0.05, 0.1) is 5.69 Å². The maximum atomic E-state index is 11.8. The Morgan fingerprint density at radius 2 is 1.86 bits per heavy atom. The first-order valence-electron chi connectivity index (χ1n) is 7.39. The molecule has 0 bridgehead atoms. The Morgan fingerprint density at radius 1 is 1.14 bits per heavy atom. The van der Waals surface area contributed by atoms with Crippen molar-refractivity contribution in [3.05, 3.63) is 59.7 Å². The van der Waals surface area contributed by atoms with Gasteiger partial charge in [-0.25, -0.2) is 0 Å². The van der Waals surface area contributed by atoms with E-state index in [2.05, 4.69) is 37.7 Å². The molecule has 0 fully saturated rings. The van der Waals surface area contributed by atoms with E-state index in [1.165, 1.54) is 11.1 Å². The first-order valence-corrected chi connectivity index (χ1v) is 7.39. The van der Waals surface area contributed by atoms with Crippen molar-refractivity contribution >= 4 is 11.6 Å². The standard InChI is InChI=1S/C18H22N2O2/c1-13(2)17-10-9-16(11-14(17)3)22-12-18(21)20-19-15-7-5-4-6-8-15/h4-11,13,19H,12H2,1-3H3,(H,20,21). The van der Waals surface area contributed by atoms with Crippen molar-refractivity contribution in [1.29, 1.82) is 0 Å². The largest absolute Gasteiger partial charge is 0.484 e. The topological polar surface area (TPSA) is 50.4 Å². The lowest BCUT2D eigenvalue weighted by atomic mass is 9.98. The van der Waals surface area contributed by atoms with Crippen molar-refractivity contribution in [2.45, 2.75) is 26.7 Å². The highest BCUT2D eigenvalue weighted by molar-refractivity contribution is 5.78. The van der Waals surface area contributed by atoms with Gasteiger partial charge in [0.2, 0.25) is 0 Å². The summed E-state index contributed by atoms with van der Waals surface area (Å²) in [6.07, 6.45) is 0. The van der Waals surface area contributed by atoms with E-state index in [4.69, 9.17) is 4.74 Å². The normalized spacial score (nSPS) is 10.4. The molecule has 2 aromatic carbocycles. The van der Waals surface area contributed by atoms with Crippen LogP contribution in [0.25, 0.3) is 0 Å². The van der Waals surface area contributed by atoms with Gasteiger partial charge in [-0.15, -0.1) is 0 Å². The number of anilines is 1. The number of hydrazine groups is 1. The van der Waals surface area contributed by atoms with E-state index in [1.54, 1.807) is 0 Å². The minimum Gasteiger partial charge on any atom is -0.484 e. The number of hydrogen-bond acceptors (Lipinski definition) is 3. The van der Waals surface area contributed by atoms with Gasteiger partial charge >= 0.3 is 0 Å². The van der Waals surface area contributed by atoms with Crippen LogP contribution < -0.4 is 15.6 Å². The predicted molar refractivity (Wildman–Crippen MR) is 89.0 cm³/mol. The average Bonchev–Trinajstić information content (AvgIpc) is 2.51. The second kappa shape index (κ2) is 7.50. The van der Waals surface area contributed by atoms with Crippen LogP contribution in [-0.2, 0) is 4.79 Å². The highest BCUT2D eigenvalue weighted by Crippen LogP contribution is 2.23. The van der Waals surface area contributed by atoms with Crippen molar-refractivity contribution in [3.63, 3.8) is 0 Å². The minimum absolute atomic E-state index is 0.0275. The molecular formula is C18H22N2O2. The molecule has 2 rings (SSSR count). The molecule has 0 aliphatic carbocycles. The van der Waals surface area contributed by atoms with E-state index < -0.39 is 0 Å². The quantitative estimate of drug-likeness (QED) is 0.801. The zero-order valence-corrected chi connectivity index (χ0v) is 13.2. The smallest absolute Gasteiger partial charge is 0.276 e. The van der Waals surface area contributed by atoms with Crippen molar-refractivity contribution < 1.29 is 9.53 Å². The second-order valence-electron chi connectivity index (χ2n) is 5.50. The summed E-state index contributed by atoms with van der Waals surface area (Å²) in [5.74, 6) is 0.957. The minimum atomic E-state index is -0.227. The molecule has 0 aliphatic heterocycles. The fraction of sp³-hybridized carbons (Fsp3) is 0.278. The Morgan fingerprint density at radius 3 is 2.50 bits per heavy atom. The van der Waals surface area contributed by atoms with E-state index in [1.807, 2.05) is 42.5 Å². The number of aryl methyl sites for hydroxylation is 1. The highest BCUT2D eigenvalue weighted by atomic mass is 16.5. The summed E-state index contributed by atoms with van der Waals surface area (Å²) in [6, 6.07) is 15.4. The van der Waals surface area contributed by atoms with Crippen LogP contribution in [-0.4, -0.2) is 12.5 Å². The third-order valence-electron chi connectivity index (χ3n) is 3.35. The van der Waals surface area contributed by atoms with Crippen LogP contribution in [0.3, 0.4) is 0 Å². The molecule has 0 aromatic heterocycles. The Hall–Kier alpha value is -2.49. The lowest BCUT2D eigenvalue weighted by molar-refractivity contribution is -0.122. The summed E-state index contributed by atoms with van der Waals surface area (Å²) >= 11 is 0. The van der Waals surface area contributed by atoms with Gasteiger partial charge in [0, 0.05) is 0 Å². The van der Waals surface area contributed by atoms with Gasteiger partial charge in [0.25, 0.3) is 5.91 Å². The number of ether oxygens (including phenoxy) is 1. The van der Waals surface area contributed by atoms with Gasteiger partial charge in [0.1, 0.15) is 5.75 Å². The van der Waals surface area contributed by atoms with E-state index >= 15 is 0 Å². The van der Waals surface area contributed by atoms with Gasteiger partial charge in [-0.05, 0) is 48.2 Å². The molecule has 0 radical (unpaired) electrons. The molecule has 0 saturated carbocycles. The lowest BCUT2D eigenvalue weighted by Crippen LogP contribution is -2.33. The molecule has 2 N–H and O–H groups in total. The average molecular weight is 298 g/mol. The van der Waals surface area contributed by atoms with Crippen LogP contribution in [0.5, 0.6) is 5.75 Å². The Bertz CT molecular complexity index is 624. The SMILES string of the molecule is Cc1cc(OCC(=O)NNc2ccccc2)ccc1C(C)C. The van der Waals surface area contributed by atoms with Crippen LogP contribution in [0.4, 0.5) is 5.69 Å². The van der Waals surface area contributed by atoms with E-state index in [0.717, 1.165) is 5.69 Å². The van der Waals surface area contributed by atoms with Gasteiger partial charge in [-0.1, -0.05) is 38.1 Å². The molecular weight excluding hydrogens is 276 g/mol. The Labute approximate surface area is 131 Å². The summed E-state index contributed by atoms with van der Waals surface area (Å²) < 4.78 is 5.52. The molecule has 116 valence electrons. The van der Waals surface area contributed by atoms with Crippen LogP contribution in [0, 0.1) is 6.92 Å². The molecule has 0 spiro atoms. The number of nitrogens with one attached hydrogen (secondary N) is 2. The first kappa shape index (κ1) is 15.9. The summed E-state index contributed by atoms with van der Waals surface area (Å²) in [6.45, 7) is 6.34. The number of carbonyl (C=O) groups is 1. The molecule has 4 nitrogen and oxygen atoms in total. The summed E-state index contributed by atoms with van der Waals surface area (Å²) in [5.41, 5.74) is 8.73. The maximum absolute atomic E-state index is 11.8. The molecule has 0 saturated heterocycles. The molecule has 2 aromatic rings. The lowest BCUT2D eigenvalue weighted by Gasteiger charge is -2.13. The zero-order chi connectivity index (χ0) is 15.9.